The van der Waals surface area contributed by atoms with Gasteiger partial charge in [0.1, 0.15) is 5.01 Å². The first-order valence-electron chi connectivity index (χ1n) is 7.09. The highest BCUT2D eigenvalue weighted by atomic mass is 32.1. The van der Waals surface area contributed by atoms with Gasteiger partial charge in [-0.25, -0.2) is 4.98 Å². The van der Waals surface area contributed by atoms with Crippen LogP contribution in [0.25, 0.3) is 0 Å². The van der Waals surface area contributed by atoms with Crippen molar-refractivity contribution in [1.29, 1.82) is 0 Å². The molecule has 0 fully saturated rings. The van der Waals surface area contributed by atoms with Gasteiger partial charge in [-0.15, -0.1) is 11.3 Å². The Bertz CT molecular complexity index is 583. The second-order valence-corrected chi connectivity index (χ2v) is 6.10. The van der Waals surface area contributed by atoms with Gasteiger partial charge in [0, 0.05) is 17.6 Å². The Hall–Kier alpha value is -1.59. The smallest absolute Gasteiger partial charge is 0.161 e. The molecule has 0 spiro atoms. The Kier molecular flexibility index (Phi) is 5.59. The monoisotopic (exact) mass is 306 g/mol. The summed E-state index contributed by atoms with van der Waals surface area (Å²) in [6.45, 7) is 7.57. The average molecular weight is 306 g/mol. The van der Waals surface area contributed by atoms with E-state index in [0.717, 1.165) is 23.1 Å². The van der Waals surface area contributed by atoms with Crippen molar-refractivity contribution >= 4 is 11.3 Å². The van der Waals surface area contributed by atoms with Crippen molar-refractivity contribution < 1.29 is 9.47 Å². The molecule has 2 rings (SSSR count). The fraction of sp³-hybridized carbons (Fsp3) is 0.438. The highest BCUT2D eigenvalue weighted by Crippen LogP contribution is 2.28. The number of aromatic nitrogens is 1. The molecule has 1 unspecified atom stereocenters. The summed E-state index contributed by atoms with van der Waals surface area (Å²) >= 11 is 1.73. The van der Waals surface area contributed by atoms with E-state index in [-0.39, 0.29) is 6.04 Å². The molecule has 4 nitrogen and oxygen atoms in total. The van der Waals surface area contributed by atoms with Crippen molar-refractivity contribution in [1.82, 2.24) is 10.3 Å². The van der Waals surface area contributed by atoms with Gasteiger partial charge in [0.05, 0.1) is 19.8 Å². The highest BCUT2D eigenvalue weighted by Gasteiger charge is 2.10. The van der Waals surface area contributed by atoms with Gasteiger partial charge in [-0.2, -0.15) is 0 Å². The number of nitrogens with one attached hydrogen (secondary N) is 1. The number of thiazole rings is 1. The maximum absolute atomic E-state index is 5.60. The normalized spacial score (nSPS) is 12.2. The number of benzene rings is 1. The van der Waals surface area contributed by atoms with Crippen LogP contribution in [0.2, 0.25) is 0 Å². The minimum Gasteiger partial charge on any atom is -0.493 e. The Labute approximate surface area is 130 Å². The van der Waals surface area contributed by atoms with E-state index in [1.54, 1.807) is 18.4 Å². The van der Waals surface area contributed by atoms with Crippen molar-refractivity contribution in [2.24, 2.45) is 0 Å². The summed E-state index contributed by atoms with van der Waals surface area (Å²) in [5, 5.41) is 4.60. The van der Waals surface area contributed by atoms with E-state index in [2.05, 4.69) is 24.1 Å². The van der Waals surface area contributed by atoms with Crippen LogP contribution < -0.4 is 14.8 Å². The van der Waals surface area contributed by atoms with Crippen LogP contribution in [0, 0.1) is 6.92 Å². The zero-order chi connectivity index (χ0) is 15.2. The second kappa shape index (κ2) is 7.43. The summed E-state index contributed by atoms with van der Waals surface area (Å²) in [5.41, 5.74) is 1.17. The maximum Gasteiger partial charge on any atom is 0.161 e. The topological polar surface area (TPSA) is 43.4 Å². The summed E-state index contributed by atoms with van der Waals surface area (Å²) in [6.07, 6.45) is 1.92. The third kappa shape index (κ3) is 4.19. The predicted molar refractivity (Wildman–Crippen MR) is 86.3 cm³/mol. The lowest BCUT2D eigenvalue weighted by atomic mass is 10.2. The molecule has 0 aliphatic rings. The SMILES string of the molecule is CCOc1cc(CNC(C)c2ncc(C)s2)ccc1OC. The zero-order valence-electron chi connectivity index (χ0n) is 13.0. The van der Waals surface area contributed by atoms with Crippen molar-refractivity contribution in [2.75, 3.05) is 13.7 Å². The van der Waals surface area contributed by atoms with Crippen LogP contribution in [-0.2, 0) is 6.54 Å². The molecule has 1 atom stereocenters. The molecule has 0 radical (unpaired) electrons. The number of methoxy groups -OCH3 is 1. The van der Waals surface area contributed by atoms with E-state index in [9.17, 15) is 0 Å². The minimum absolute atomic E-state index is 0.237. The molecule has 0 saturated carbocycles. The van der Waals surface area contributed by atoms with Crippen LogP contribution in [0.3, 0.4) is 0 Å². The lowest BCUT2D eigenvalue weighted by Crippen LogP contribution is -2.17. The largest absolute Gasteiger partial charge is 0.493 e. The molecule has 0 aliphatic heterocycles. The van der Waals surface area contributed by atoms with Gasteiger partial charge in [-0.1, -0.05) is 6.07 Å². The molecule has 0 amide bonds. The molecule has 1 aromatic heterocycles. The van der Waals surface area contributed by atoms with Gasteiger partial charge in [0.15, 0.2) is 11.5 Å². The number of ether oxygens (including phenoxy) is 2. The molecule has 21 heavy (non-hydrogen) atoms. The first kappa shape index (κ1) is 15.8. The number of hydrogen-bond donors (Lipinski definition) is 1. The van der Waals surface area contributed by atoms with E-state index in [0.29, 0.717) is 6.61 Å². The van der Waals surface area contributed by atoms with Crippen molar-refractivity contribution in [3.8, 4) is 11.5 Å². The van der Waals surface area contributed by atoms with Crippen molar-refractivity contribution in [3.63, 3.8) is 0 Å². The van der Waals surface area contributed by atoms with Crippen LogP contribution >= 0.6 is 11.3 Å². The molecule has 114 valence electrons. The van der Waals surface area contributed by atoms with Crippen LogP contribution in [0.1, 0.15) is 35.3 Å². The fourth-order valence-electron chi connectivity index (χ4n) is 2.03. The molecule has 0 bridgehead atoms. The lowest BCUT2D eigenvalue weighted by Gasteiger charge is -2.14. The number of aryl methyl sites for hydroxylation is 1. The average Bonchev–Trinajstić information content (AvgIpc) is 2.92. The Balaban J connectivity index is 2.01. The lowest BCUT2D eigenvalue weighted by molar-refractivity contribution is 0.310. The summed E-state index contributed by atoms with van der Waals surface area (Å²) in [4.78, 5) is 5.65. The number of hydrogen-bond acceptors (Lipinski definition) is 5. The summed E-state index contributed by atoms with van der Waals surface area (Å²) in [6, 6.07) is 6.25. The van der Waals surface area contributed by atoms with Gasteiger partial charge >= 0.3 is 0 Å². The van der Waals surface area contributed by atoms with Crippen molar-refractivity contribution in [3.05, 3.63) is 39.8 Å². The summed E-state index contributed by atoms with van der Waals surface area (Å²) in [7, 11) is 1.66. The third-order valence-corrected chi connectivity index (χ3v) is 4.25. The minimum atomic E-state index is 0.237. The van der Waals surface area contributed by atoms with E-state index in [4.69, 9.17) is 9.47 Å². The molecular weight excluding hydrogens is 284 g/mol. The summed E-state index contributed by atoms with van der Waals surface area (Å²) < 4.78 is 10.9. The molecule has 1 N–H and O–H groups in total. The molecule has 1 aromatic carbocycles. The third-order valence-electron chi connectivity index (χ3n) is 3.15. The molecule has 0 aliphatic carbocycles. The zero-order valence-corrected chi connectivity index (χ0v) is 13.8. The van der Waals surface area contributed by atoms with Crippen molar-refractivity contribution in [2.45, 2.75) is 33.4 Å². The number of rotatable bonds is 7. The fourth-order valence-corrected chi connectivity index (χ4v) is 2.83. The quantitative estimate of drug-likeness (QED) is 0.847. The van der Waals surface area contributed by atoms with E-state index in [1.807, 2.05) is 31.3 Å². The van der Waals surface area contributed by atoms with Crippen LogP contribution in [0.15, 0.2) is 24.4 Å². The Morgan fingerprint density at radius 1 is 1.33 bits per heavy atom. The maximum atomic E-state index is 5.60. The van der Waals surface area contributed by atoms with Gasteiger partial charge in [0.25, 0.3) is 0 Å². The van der Waals surface area contributed by atoms with Crippen LogP contribution in [0.5, 0.6) is 11.5 Å². The molecule has 5 heteroatoms. The first-order chi connectivity index (χ1) is 10.1. The first-order valence-corrected chi connectivity index (χ1v) is 7.91. The van der Waals surface area contributed by atoms with Crippen LogP contribution in [0.4, 0.5) is 0 Å². The highest BCUT2D eigenvalue weighted by molar-refractivity contribution is 7.11. The molecule has 1 heterocycles. The Morgan fingerprint density at radius 2 is 2.14 bits per heavy atom. The molecular formula is C16H22N2O2S. The molecule has 2 aromatic rings. The second-order valence-electron chi connectivity index (χ2n) is 4.83. The van der Waals surface area contributed by atoms with Gasteiger partial charge in [-0.05, 0) is 38.5 Å². The Morgan fingerprint density at radius 3 is 2.76 bits per heavy atom. The molecule has 0 saturated heterocycles. The van der Waals surface area contributed by atoms with E-state index >= 15 is 0 Å². The standard InChI is InChI=1S/C16H22N2O2S/c1-5-20-15-8-13(6-7-14(15)19-4)10-17-12(3)16-18-9-11(2)21-16/h6-9,12,17H,5,10H2,1-4H3. The summed E-state index contributed by atoms with van der Waals surface area (Å²) in [5.74, 6) is 1.56. The van der Waals surface area contributed by atoms with Gasteiger partial charge in [0.2, 0.25) is 0 Å². The predicted octanol–water partition coefficient (Wildman–Crippen LogP) is 3.71. The van der Waals surface area contributed by atoms with Gasteiger partial charge < -0.3 is 14.8 Å². The van der Waals surface area contributed by atoms with E-state index in [1.165, 1.54) is 10.4 Å². The van der Waals surface area contributed by atoms with E-state index < -0.39 is 0 Å². The van der Waals surface area contributed by atoms with Crippen LogP contribution in [-0.4, -0.2) is 18.7 Å². The van der Waals surface area contributed by atoms with Gasteiger partial charge in [-0.3, -0.25) is 0 Å². The number of nitrogens with zero attached hydrogens (tertiary/aromatic N) is 1.